The third-order valence-corrected chi connectivity index (χ3v) is 7.38. The molecule has 0 spiro atoms. The highest BCUT2D eigenvalue weighted by atomic mass is 35.5. The second-order valence-electron chi connectivity index (χ2n) is 7.21. The van der Waals surface area contributed by atoms with Crippen LogP contribution in [0.15, 0.2) is 58.9 Å². The van der Waals surface area contributed by atoms with Crippen molar-refractivity contribution in [3.8, 4) is 0 Å². The number of amides is 2. The van der Waals surface area contributed by atoms with E-state index in [2.05, 4.69) is 27.6 Å². The number of nitrogens with zero attached hydrogens (tertiary/aromatic N) is 3. The number of carbonyl (C=O) groups is 2. The number of halogens is 1. The van der Waals surface area contributed by atoms with Crippen LogP contribution >= 0.6 is 34.7 Å². The standard InChI is InChI=1S/C22H21ClN4O2S2/c23-18-8-6-17(7-9-18)20(29)27-12-10-16(11-13-27)19(28)24-21-25-26-22(31-21)30-14-15-4-2-1-3-5-15/h1-9,16H,10-14H2,(H,24,25,28). The monoisotopic (exact) mass is 472 g/mol. The maximum absolute atomic E-state index is 12.6. The predicted molar refractivity (Wildman–Crippen MR) is 125 cm³/mol. The van der Waals surface area contributed by atoms with Crippen molar-refractivity contribution in [1.82, 2.24) is 15.1 Å². The van der Waals surface area contributed by atoms with Crippen molar-refractivity contribution in [1.29, 1.82) is 0 Å². The molecule has 1 fully saturated rings. The van der Waals surface area contributed by atoms with Crippen molar-refractivity contribution in [3.05, 3.63) is 70.7 Å². The second-order valence-corrected chi connectivity index (χ2v) is 9.85. The SMILES string of the molecule is O=C(Nc1nnc(SCc2ccccc2)s1)C1CCN(C(=O)c2ccc(Cl)cc2)CC1. The number of carbonyl (C=O) groups excluding carboxylic acids is 2. The van der Waals surface area contributed by atoms with Gasteiger partial charge in [0.05, 0.1) is 0 Å². The van der Waals surface area contributed by atoms with Crippen LogP contribution in [0.4, 0.5) is 5.13 Å². The van der Waals surface area contributed by atoms with Gasteiger partial charge in [-0.3, -0.25) is 9.59 Å². The lowest BCUT2D eigenvalue weighted by molar-refractivity contribution is -0.121. The number of rotatable bonds is 6. The topological polar surface area (TPSA) is 75.2 Å². The molecule has 1 N–H and O–H groups in total. The highest BCUT2D eigenvalue weighted by Gasteiger charge is 2.28. The van der Waals surface area contributed by atoms with Crippen LogP contribution in [0, 0.1) is 5.92 Å². The number of piperidine rings is 1. The number of aromatic nitrogens is 2. The lowest BCUT2D eigenvalue weighted by Crippen LogP contribution is -2.41. The lowest BCUT2D eigenvalue weighted by Gasteiger charge is -2.31. The predicted octanol–water partition coefficient (Wildman–Crippen LogP) is 4.97. The Hall–Kier alpha value is -2.42. The van der Waals surface area contributed by atoms with Crippen LogP contribution in [0.3, 0.4) is 0 Å². The third kappa shape index (κ3) is 5.84. The molecule has 160 valence electrons. The van der Waals surface area contributed by atoms with Crippen molar-refractivity contribution in [3.63, 3.8) is 0 Å². The average Bonchev–Trinajstić information content (AvgIpc) is 3.26. The third-order valence-electron chi connectivity index (χ3n) is 5.09. The smallest absolute Gasteiger partial charge is 0.253 e. The van der Waals surface area contributed by atoms with Gasteiger partial charge in [-0.1, -0.05) is 65.0 Å². The highest BCUT2D eigenvalue weighted by molar-refractivity contribution is 8.00. The van der Waals surface area contributed by atoms with Crippen LogP contribution in [0.25, 0.3) is 0 Å². The summed E-state index contributed by atoms with van der Waals surface area (Å²) in [4.78, 5) is 27.0. The van der Waals surface area contributed by atoms with E-state index in [0.717, 1.165) is 10.1 Å². The molecule has 1 aliphatic heterocycles. The van der Waals surface area contributed by atoms with Gasteiger partial charge in [0, 0.05) is 35.3 Å². The Morgan fingerprint density at radius 1 is 1.06 bits per heavy atom. The summed E-state index contributed by atoms with van der Waals surface area (Å²) in [5.74, 6) is 0.580. The highest BCUT2D eigenvalue weighted by Crippen LogP contribution is 2.29. The minimum atomic E-state index is -0.140. The van der Waals surface area contributed by atoms with Gasteiger partial charge < -0.3 is 10.2 Å². The Kier molecular flexibility index (Phi) is 7.21. The normalized spacial score (nSPS) is 14.4. The first-order chi connectivity index (χ1) is 15.1. The Morgan fingerprint density at radius 3 is 2.48 bits per heavy atom. The summed E-state index contributed by atoms with van der Waals surface area (Å²) in [6.07, 6.45) is 1.25. The summed E-state index contributed by atoms with van der Waals surface area (Å²) in [6.45, 7) is 1.10. The molecule has 3 aromatic rings. The van der Waals surface area contributed by atoms with Gasteiger partial charge >= 0.3 is 0 Å². The first-order valence-electron chi connectivity index (χ1n) is 9.94. The van der Waals surface area contributed by atoms with E-state index in [1.807, 2.05) is 18.2 Å². The second kappa shape index (κ2) is 10.3. The fraction of sp³-hybridized carbons (Fsp3) is 0.273. The van der Waals surface area contributed by atoms with Crippen LogP contribution in [0.5, 0.6) is 0 Å². The molecule has 0 bridgehead atoms. The molecule has 2 aromatic carbocycles. The van der Waals surface area contributed by atoms with E-state index in [-0.39, 0.29) is 17.7 Å². The van der Waals surface area contributed by atoms with Gasteiger partial charge in [-0.25, -0.2) is 0 Å². The van der Waals surface area contributed by atoms with Crippen LogP contribution in [0.1, 0.15) is 28.8 Å². The number of likely N-dealkylation sites (tertiary alicyclic amines) is 1. The summed E-state index contributed by atoms with van der Waals surface area (Å²) in [5, 5.41) is 12.3. The van der Waals surface area contributed by atoms with Crippen LogP contribution in [-0.4, -0.2) is 40.0 Å². The molecular weight excluding hydrogens is 452 g/mol. The Labute approximate surface area is 194 Å². The van der Waals surface area contributed by atoms with Gasteiger partial charge in [-0.15, -0.1) is 10.2 Å². The molecule has 0 unspecified atom stereocenters. The van der Waals surface area contributed by atoms with Crippen LogP contribution < -0.4 is 5.32 Å². The molecule has 4 rings (SSSR count). The minimum absolute atomic E-state index is 0.0280. The molecule has 0 saturated carbocycles. The van der Waals surface area contributed by atoms with Gasteiger partial charge in [0.1, 0.15) is 0 Å². The Balaban J connectivity index is 1.25. The van der Waals surface area contributed by atoms with E-state index >= 15 is 0 Å². The molecule has 0 aliphatic carbocycles. The number of thioether (sulfide) groups is 1. The summed E-state index contributed by atoms with van der Waals surface area (Å²) >= 11 is 8.87. The molecule has 6 nitrogen and oxygen atoms in total. The fourth-order valence-corrected chi connectivity index (χ4v) is 5.20. The van der Waals surface area contributed by atoms with E-state index in [1.165, 1.54) is 16.9 Å². The molecule has 0 atom stereocenters. The zero-order valence-corrected chi connectivity index (χ0v) is 19.1. The molecule has 31 heavy (non-hydrogen) atoms. The number of hydrogen-bond donors (Lipinski definition) is 1. The van der Waals surface area contributed by atoms with Gasteiger partial charge in [0.2, 0.25) is 11.0 Å². The van der Waals surface area contributed by atoms with E-state index in [0.29, 0.717) is 41.6 Å². The van der Waals surface area contributed by atoms with Gasteiger partial charge in [-0.05, 0) is 42.7 Å². The van der Waals surface area contributed by atoms with Crippen molar-refractivity contribution in [2.75, 3.05) is 18.4 Å². The van der Waals surface area contributed by atoms with E-state index in [4.69, 9.17) is 11.6 Å². The summed E-state index contributed by atoms with van der Waals surface area (Å²) in [6, 6.07) is 17.0. The quantitative estimate of drug-likeness (QED) is 0.404. The van der Waals surface area contributed by atoms with Crippen LogP contribution in [-0.2, 0) is 10.5 Å². The minimum Gasteiger partial charge on any atom is -0.339 e. The zero-order valence-electron chi connectivity index (χ0n) is 16.7. The molecule has 9 heteroatoms. The number of anilines is 1. The Morgan fingerprint density at radius 2 is 1.77 bits per heavy atom. The van der Waals surface area contributed by atoms with Gasteiger partial charge in [0.25, 0.3) is 5.91 Å². The summed E-state index contributed by atoms with van der Waals surface area (Å²) < 4.78 is 0.822. The van der Waals surface area contributed by atoms with Crippen molar-refractivity contribution >= 4 is 51.6 Å². The maximum Gasteiger partial charge on any atom is 0.253 e. The van der Waals surface area contributed by atoms with E-state index in [9.17, 15) is 9.59 Å². The fourth-order valence-electron chi connectivity index (χ4n) is 3.37. The zero-order chi connectivity index (χ0) is 21.6. The van der Waals surface area contributed by atoms with Crippen molar-refractivity contribution < 1.29 is 9.59 Å². The molecule has 1 saturated heterocycles. The number of nitrogens with one attached hydrogen (secondary N) is 1. The van der Waals surface area contributed by atoms with Crippen molar-refractivity contribution in [2.24, 2.45) is 5.92 Å². The van der Waals surface area contributed by atoms with Gasteiger partial charge in [-0.2, -0.15) is 0 Å². The maximum atomic E-state index is 12.6. The van der Waals surface area contributed by atoms with Crippen molar-refractivity contribution in [2.45, 2.75) is 22.9 Å². The number of benzene rings is 2. The van der Waals surface area contributed by atoms with Gasteiger partial charge in [0.15, 0.2) is 4.34 Å². The molecule has 1 aliphatic rings. The summed E-state index contributed by atoms with van der Waals surface area (Å²) in [5.41, 5.74) is 1.83. The largest absolute Gasteiger partial charge is 0.339 e. The molecule has 2 amide bonds. The summed E-state index contributed by atoms with van der Waals surface area (Å²) in [7, 11) is 0. The van der Waals surface area contributed by atoms with Crippen LogP contribution in [0.2, 0.25) is 5.02 Å². The first-order valence-corrected chi connectivity index (χ1v) is 12.1. The molecule has 1 aromatic heterocycles. The first kappa shape index (κ1) is 21.8. The molecular formula is C22H21ClN4O2S2. The molecule has 2 heterocycles. The van der Waals surface area contributed by atoms with E-state index in [1.54, 1.807) is 40.9 Å². The number of hydrogen-bond acceptors (Lipinski definition) is 6. The average molecular weight is 473 g/mol. The molecule has 0 radical (unpaired) electrons. The lowest BCUT2D eigenvalue weighted by atomic mass is 9.95. The van der Waals surface area contributed by atoms with E-state index < -0.39 is 0 Å². The Bertz CT molecular complexity index is 1040.